The molecule has 1 amide bonds. The number of ether oxygens (including phenoxy) is 1. The lowest BCUT2D eigenvalue weighted by Crippen LogP contribution is -2.45. The third-order valence-corrected chi connectivity index (χ3v) is 13.7. The zero-order valence-electron chi connectivity index (χ0n) is 42.8. The quantitative estimate of drug-likeness (QED) is 0.0418. The van der Waals surface area contributed by atoms with Crippen molar-refractivity contribution in [2.45, 2.75) is 341 Å². The second kappa shape index (κ2) is 53.5. The van der Waals surface area contributed by atoms with Crippen LogP contribution in [-0.4, -0.2) is 47.4 Å². The Morgan fingerprint density at radius 2 is 0.651 bits per heavy atom. The molecule has 2 atom stereocenters. The van der Waals surface area contributed by atoms with Gasteiger partial charge in [0.2, 0.25) is 5.91 Å². The van der Waals surface area contributed by atoms with Crippen LogP contribution in [-0.2, 0) is 14.3 Å². The summed E-state index contributed by atoms with van der Waals surface area (Å²) in [4.78, 5) is 24.5. The molecule has 6 nitrogen and oxygen atoms in total. The van der Waals surface area contributed by atoms with E-state index in [2.05, 4.69) is 19.2 Å². The fraction of sp³-hybridized carbons (Fsp3) is 0.965. The average Bonchev–Trinajstić information content (AvgIpc) is 3.28. The van der Waals surface area contributed by atoms with Crippen LogP contribution in [0.25, 0.3) is 0 Å². The zero-order valence-corrected chi connectivity index (χ0v) is 42.8. The fourth-order valence-electron chi connectivity index (χ4n) is 9.23. The van der Waals surface area contributed by atoms with Gasteiger partial charge in [-0.3, -0.25) is 9.59 Å². The number of hydrogen-bond donors (Lipinski definition) is 3. The maximum absolute atomic E-state index is 12.5. The van der Waals surface area contributed by atoms with Gasteiger partial charge in [0.05, 0.1) is 25.4 Å². The summed E-state index contributed by atoms with van der Waals surface area (Å²) in [5.74, 6) is -0.0417. The second-order valence-electron chi connectivity index (χ2n) is 20.0. The van der Waals surface area contributed by atoms with Gasteiger partial charge in [-0.15, -0.1) is 0 Å². The highest BCUT2D eigenvalue weighted by atomic mass is 16.5. The molecular formula is C57H113NO5. The van der Waals surface area contributed by atoms with Crippen molar-refractivity contribution in [1.29, 1.82) is 0 Å². The zero-order chi connectivity index (χ0) is 45.8. The summed E-state index contributed by atoms with van der Waals surface area (Å²) < 4.78 is 5.46. The van der Waals surface area contributed by atoms with E-state index >= 15 is 0 Å². The molecule has 0 heterocycles. The van der Waals surface area contributed by atoms with Gasteiger partial charge in [-0.05, 0) is 25.7 Å². The van der Waals surface area contributed by atoms with E-state index < -0.39 is 12.1 Å². The Labute approximate surface area is 394 Å². The van der Waals surface area contributed by atoms with Crippen LogP contribution < -0.4 is 5.32 Å². The highest BCUT2D eigenvalue weighted by Crippen LogP contribution is 2.18. The number of hydrogen-bond acceptors (Lipinski definition) is 5. The molecule has 0 fully saturated rings. The van der Waals surface area contributed by atoms with Gasteiger partial charge in [-0.25, -0.2) is 0 Å². The maximum atomic E-state index is 12.5. The highest BCUT2D eigenvalue weighted by molar-refractivity contribution is 5.76. The first kappa shape index (κ1) is 61.9. The minimum Gasteiger partial charge on any atom is -0.466 e. The Morgan fingerprint density at radius 1 is 0.381 bits per heavy atom. The molecule has 0 aromatic rings. The number of esters is 1. The van der Waals surface area contributed by atoms with Gasteiger partial charge in [0.1, 0.15) is 0 Å². The van der Waals surface area contributed by atoms with Crippen LogP contribution in [0.2, 0.25) is 0 Å². The van der Waals surface area contributed by atoms with Gasteiger partial charge >= 0.3 is 5.97 Å². The molecule has 0 spiro atoms. The summed E-state index contributed by atoms with van der Waals surface area (Å²) in [5.41, 5.74) is 0. The lowest BCUT2D eigenvalue weighted by molar-refractivity contribution is -0.143. The minimum atomic E-state index is -0.670. The SMILES string of the molecule is CCCCCCCCCCCCCCCCCCCCCCC(O)C(CO)NC(=O)CCCCCCCCCCCCCCCCOC(=O)CCCCCCCCCCCCCC. The van der Waals surface area contributed by atoms with E-state index in [0.717, 1.165) is 51.4 Å². The molecule has 3 N–H and O–H groups in total. The van der Waals surface area contributed by atoms with Crippen molar-refractivity contribution in [2.24, 2.45) is 0 Å². The second-order valence-corrected chi connectivity index (χ2v) is 20.0. The number of unbranched alkanes of at least 4 members (excludes halogenated alkanes) is 43. The summed E-state index contributed by atoms with van der Waals surface area (Å²) in [5, 5.41) is 23.3. The van der Waals surface area contributed by atoms with Crippen LogP contribution in [0.4, 0.5) is 0 Å². The van der Waals surface area contributed by atoms with E-state index in [1.54, 1.807) is 0 Å². The van der Waals surface area contributed by atoms with Crippen LogP contribution in [0.5, 0.6) is 0 Å². The normalized spacial score (nSPS) is 12.5. The Bertz CT molecular complexity index is 898. The largest absolute Gasteiger partial charge is 0.466 e. The molecule has 6 heteroatoms. The third-order valence-electron chi connectivity index (χ3n) is 13.7. The van der Waals surface area contributed by atoms with Crippen LogP contribution in [0.15, 0.2) is 0 Å². The first-order valence-electron chi connectivity index (χ1n) is 28.8. The number of nitrogens with one attached hydrogen (secondary N) is 1. The van der Waals surface area contributed by atoms with E-state index in [0.29, 0.717) is 25.9 Å². The standard InChI is InChI=1S/C57H113NO5/c1-3-5-7-9-11-13-15-17-18-19-20-21-22-23-26-29-33-37-41-45-49-55(60)54(53-59)58-56(61)50-46-42-38-34-30-27-24-25-28-32-36-40-44-48-52-63-57(62)51-47-43-39-35-31-16-14-12-10-8-6-4-2/h54-55,59-60H,3-53H2,1-2H3,(H,58,61). The lowest BCUT2D eigenvalue weighted by Gasteiger charge is -2.22. The van der Waals surface area contributed by atoms with Crippen LogP contribution in [0, 0.1) is 0 Å². The summed E-state index contributed by atoms with van der Waals surface area (Å²) in [7, 11) is 0. The van der Waals surface area contributed by atoms with Crippen molar-refractivity contribution < 1.29 is 24.5 Å². The Kier molecular flexibility index (Phi) is 52.5. The Hall–Kier alpha value is -1.14. The van der Waals surface area contributed by atoms with Crippen molar-refractivity contribution in [2.75, 3.05) is 13.2 Å². The molecular weight excluding hydrogens is 779 g/mol. The predicted octanol–water partition coefficient (Wildman–Crippen LogP) is 17.5. The molecule has 0 radical (unpaired) electrons. The molecule has 0 aliphatic carbocycles. The first-order chi connectivity index (χ1) is 31.0. The molecule has 2 unspecified atom stereocenters. The summed E-state index contributed by atoms with van der Waals surface area (Å²) in [6.07, 6.45) is 60.8. The molecule has 63 heavy (non-hydrogen) atoms. The van der Waals surface area contributed by atoms with Crippen LogP contribution in [0.3, 0.4) is 0 Å². The van der Waals surface area contributed by atoms with E-state index in [1.807, 2.05) is 0 Å². The summed E-state index contributed by atoms with van der Waals surface area (Å²) in [6.45, 7) is 4.96. The number of aliphatic hydroxyl groups excluding tert-OH is 2. The molecule has 0 bridgehead atoms. The monoisotopic (exact) mass is 892 g/mol. The predicted molar refractivity (Wildman–Crippen MR) is 274 cm³/mol. The summed E-state index contributed by atoms with van der Waals surface area (Å²) >= 11 is 0. The molecule has 0 aromatic heterocycles. The Balaban J connectivity index is 3.43. The van der Waals surface area contributed by atoms with Gasteiger partial charge in [0.25, 0.3) is 0 Å². The van der Waals surface area contributed by atoms with E-state index in [9.17, 15) is 19.8 Å². The van der Waals surface area contributed by atoms with Crippen molar-refractivity contribution in [3.8, 4) is 0 Å². The number of amides is 1. The number of aliphatic hydroxyl groups is 2. The van der Waals surface area contributed by atoms with Gasteiger partial charge in [0.15, 0.2) is 0 Å². The number of carbonyl (C=O) groups excluding carboxylic acids is 2. The van der Waals surface area contributed by atoms with Gasteiger partial charge in [-0.1, -0.05) is 290 Å². The molecule has 376 valence electrons. The lowest BCUT2D eigenvalue weighted by atomic mass is 10.0. The van der Waals surface area contributed by atoms with E-state index in [1.165, 1.54) is 244 Å². The number of carbonyl (C=O) groups is 2. The molecule has 0 saturated carbocycles. The molecule has 0 saturated heterocycles. The van der Waals surface area contributed by atoms with Crippen molar-refractivity contribution >= 4 is 11.9 Å². The maximum Gasteiger partial charge on any atom is 0.305 e. The smallest absolute Gasteiger partial charge is 0.305 e. The Morgan fingerprint density at radius 3 is 0.968 bits per heavy atom. The van der Waals surface area contributed by atoms with E-state index in [4.69, 9.17) is 4.74 Å². The minimum absolute atomic E-state index is 0.000275. The molecule has 0 aromatic carbocycles. The van der Waals surface area contributed by atoms with Crippen LogP contribution >= 0.6 is 0 Å². The first-order valence-corrected chi connectivity index (χ1v) is 28.8. The van der Waals surface area contributed by atoms with Gasteiger partial charge in [0, 0.05) is 12.8 Å². The van der Waals surface area contributed by atoms with E-state index in [-0.39, 0.29) is 18.5 Å². The van der Waals surface area contributed by atoms with Crippen LogP contribution in [0.1, 0.15) is 328 Å². The van der Waals surface area contributed by atoms with Crippen molar-refractivity contribution in [3.05, 3.63) is 0 Å². The topological polar surface area (TPSA) is 95.9 Å². The third kappa shape index (κ3) is 50.1. The van der Waals surface area contributed by atoms with Crippen molar-refractivity contribution in [3.63, 3.8) is 0 Å². The fourth-order valence-corrected chi connectivity index (χ4v) is 9.23. The molecule has 0 rings (SSSR count). The average molecular weight is 893 g/mol. The molecule has 0 aliphatic heterocycles. The van der Waals surface area contributed by atoms with Gasteiger partial charge in [-0.2, -0.15) is 0 Å². The van der Waals surface area contributed by atoms with Crippen molar-refractivity contribution in [1.82, 2.24) is 5.32 Å². The highest BCUT2D eigenvalue weighted by Gasteiger charge is 2.20. The summed E-state index contributed by atoms with van der Waals surface area (Å²) in [6, 6.07) is -0.548. The molecule has 0 aliphatic rings. The number of rotatable bonds is 54. The van der Waals surface area contributed by atoms with Gasteiger partial charge < -0.3 is 20.3 Å².